The number of carbonyl (C=O) groups excluding carboxylic acids is 1. The molecule has 1 amide bonds. The van der Waals surface area contributed by atoms with E-state index in [4.69, 9.17) is 0 Å². The number of amides is 1. The number of sulfonamides is 1. The van der Waals surface area contributed by atoms with Gasteiger partial charge in [0.15, 0.2) is 0 Å². The number of anilines is 2. The lowest BCUT2D eigenvalue weighted by Gasteiger charge is -2.24. The number of aryl methyl sites for hydroxylation is 1. The summed E-state index contributed by atoms with van der Waals surface area (Å²) in [7, 11) is -3.58. The van der Waals surface area contributed by atoms with Crippen LogP contribution in [0.1, 0.15) is 30.9 Å². The van der Waals surface area contributed by atoms with Gasteiger partial charge in [0.1, 0.15) is 6.54 Å². The van der Waals surface area contributed by atoms with Gasteiger partial charge in [0.25, 0.3) is 0 Å². The Morgan fingerprint density at radius 1 is 1.07 bits per heavy atom. The Hall–Kier alpha value is -2.54. The summed E-state index contributed by atoms with van der Waals surface area (Å²) in [6, 6.07) is 15.4. The number of nitrogens with zero attached hydrogens (tertiary/aromatic N) is 2. The van der Waals surface area contributed by atoms with Crippen molar-refractivity contribution in [1.82, 2.24) is 5.32 Å². The number of carbonyl (C=O) groups is 1. The van der Waals surface area contributed by atoms with Gasteiger partial charge in [0.05, 0.1) is 11.9 Å². The number of para-hydroxylation sites is 1. The molecule has 1 fully saturated rings. The van der Waals surface area contributed by atoms with Crippen LogP contribution in [0.4, 0.5) is 11.4 Å². The summed E-state index contributed by atoms with van der Waals surface area (Å²) in [4.78, 5) is 14.9. The van der Waals surface area contributed by atoms with E-state index in [0.717, 1.165) is 30.5 Å². The number of hydrogen-bond donors (Lipinski definition) is 1. The molecule has 3 rings (SSSR count). The first-order valence-corrected chi connectivity index (χ1v) is 11.9. The summed E-state index contributed by atoms with van der Waals surface area (Å²) < 4.78 is 25.8. The van der Waals surface area contributed by atoms with Gasteiger partial charge in [-0.15, -0.1) is 0 Å². The average molecular weight is 416 g/mol. The molecule has 0 radical (unpaired) electrons. The van der Waals surface area contributed by atoms with Crippen LogP contribution >= 0.6 is 0 Å². The first kappa shape index (κ1) is 21.2. The van der Waals surface area contributed by atoms with Crippen LogP contribution in [0, 0.1) is 0 Å². The molecule has 7 heteroatoms. The van der Waals surface area contributed by atoms with Crippen molar-refractivity contribution in [3.63, 3.8) is 0 Å². The fourth-order valence-electron chi connectivity index (χ4n) is 3.62. The minimum atomic E-state index is -3.58. The lowest BCUT2D eigenvalue weighted by atomic mass is 10.1. The molecule has 0 atom stereocenters. The minimum absolute atomic E-state index is 0.234. The van der Waals surface area contributed by atoms with Gasteiger partial charge < -0.3 is 10.2 Å². The number of benzene rings is 2. The van der Waals surface area contributed by atoms with Gasteiger partial charge >= 0.3 is 0 Å². The van der Waals surface area contributed by atoms with Crippen LogP contribution in [-0.2, 0) is 27.8 Å². The monoisotopic (exact) mass is 415 g/mol. The van der Waals surface area contributed by atoms with E-state index < -0.39 is 10.0 Å². The van der Waals surface area contributed by atoms with Gasteiger partial charge in [-0.1, -0.05) is 37.3 Å². The first-order valence-electron chi connectivity index (χ1n) is 10.0. The molecule has 156 valence electrons. The molecule has 1 N–H and O–H groups in total. The second-order valence-electron chi connectivity index (χ2n) is 7.39. The highest BCUT2D eigenvalue weighted by Crippen LogP contribution is 2.23. The predicted molar refractivity (Wildman–Crippen MR) is 118 cm³/mol. The van der Waals surface area contributed by atoms with Gasteiger partial charge in [-0.25, -0.2) is 8.42 Å². The van der Waals surface area contributed by atoms with Crippen molar-refractivity contribution >= 4 is 27.3 Å². The van der Waals surface area contributed by atoms with E-state index in [-0.39, 0.29) is 12.5 Å². The van der Waals surface area contributed by atoms with Crippen LogP contribution in [-0.4, -0.2) is 40.2 Å². The van der Waals surface area contributed by atoms with Gasteiger partial charge in [-0.2, -0.15) is 0 Å². The zero-order valence-electron chi connectivity index (χ0n) is 17.1. The molecule has 6 nitrogen and oxygen atoms in total. The van der Waals surface area contributed by atoms with Crippen LogP contribution in [0.5, 0.6) is 0 Å². The molecule has 1 aliphatic rings. The van der Waals surface area contributed by atoms with Gasteiger partial charge in [0, 0.05) is 25.3 Å². The van der Waals surface area contributed by atoms with Crippen LogP contribution in [0.25, 0.3) is 0 Å². The molecule has 0 spiro atoms. The zero-order valence-corrected chi connectivity index (χ0v) is 17.9. The summed E-state index contributed by atoms with van der Waals surface area (Å²) in [5, 5.41) is 2.84. The van der Waals surface area contributed by atoms with Gasteiger partial charge in [-0.3, -0.25) is 9.10 Å². The molecule has 0 saturated carbocycles. The highest BCUT2D eigenvalue weighted by atomic mass is 32.2. The van der Waals surface area contributed by atoms with Crippen molar-refractivity contribution in [2.24, 2.45) is 0 Å². The van der Waals surface area contributed by atoms with E-state index >= 15 is 0 Å². The molecular weight excluding hydrogens is 386 g/mol. The predicted octanol–water partition coefficient (Wildman–Crippen LogP) is 2.93. The highest BCUT2D eigenvalue weighted by Gasteiger charge is 2.22. The van der Waals surface area contributed by atoms with Crippen molar-refractivity contribution in [2.75, 3.05) is 35.1 Å². The fourth-order valence-corrected chi connectivity index (χ4v) is 4.51. The molecule has 0 aromatic heterocycles. The molecule has 2 aromatic rings. The van der Waals surface area contributed by atoms with Gasteiger partial charge in [-0.05, 0) is 48.6 Å². The quantitative estimate of drug-likeness (QED) is 0.720. The Morgan fingerprint density at radius 2 is 1.72 bits per heavy atom. The third kappa shape index (κ3) is 5.50. The summed E-state index contributed by atoms with van der Waals surface area (Å²) in [6.45, 7) is 4.28. The summed E-state index contributed by atoms with van der Waals surface area (Å²) in [6.07, 6.45) is 4.28. The summed E-state index contributed by atoms with van der Waals surface area (Å²) in [5.74, 6) is -0.329. The van der Waals surface area contributed by atoms with Gasteiger partial charge in [0.2, 0.25) is 15.9 Å². The fraction of sp³-hybridized carbons (Fsp3) is 0.409. The number of rotatable bonds is 8. The van der Waals surface area contributed by atoms with Crippen molar-refractivity contribution < 1.29 is 13.2 Å². The second-order valence-corrected chi connectivity index (χ2v) is 9.30. The molecule has 1 saturated heterocycles. The van der Waals surface area contributed by atoms with Crippen molar-refractivity contribution in [3.05, 3.63) is 59.7 Å². The lowest BCUT2D eigenvalue weighted by Crippen LogP contribution is -2.40. The summed E-state index contributed by atoms with van der Waals surface area (Å²) >= 11 is 0. The smallest absolute Gasteiger partial charge is 0.241 e. The Bertz CT molecular complexity index is 936. The van der Waals surface area contributed by atoms with E-state index in [1.807, 2.05) is 31.2 Å². The summed E-state index contributed by atoms with van der Waals surface area (Å²) in [5.41, 5.74) is 3.64. The van der Waals surface area contributed by atoms with Crippen LogP contribution < -0.4 is 14.5 Å². The molecule has 0 bridgehead atoms. The Labute approximate surface area is 173 Å². The molecule has 2 aromatic carbocycles. The van der Waals surface area contributed by atoms with Crippen molar-refractivity contribution in [1.29, 1.82) is 0 Å². The Balaban J connectivity index is 1.63. The van der Waals surface area contributed by atoms with Crippen LogP contribution in [0.2, 0.25) is 0 Å². The third-order valence-electron chi connectivity index (χ3n) is 5.23. The third-order valence-corrected chi connectivity index (χ3v) is 6.35. The van der Waals surface area contributed by atoms with E-state index in [9.17, 15) is 13.2 Å². The maximum atomic E-state index is 12.5. The molecule has 29 heavy (non-hydrogen) atoms. The second kappa shape index (κ2) is 9.31. The highest BCUT2D eigenvalue weighted by molar-refractivity contribution is 7.92. The van der Waals surface area contributed by atoms with Crippen LogP contribution in [0.15, 0.2) is 48.5 Å². The molecular formula is C22H29N3O3S. The molecule has 1 aliphatic heterocycles. The van der Waals surface area contributed by atoms with Crippen LogP contribution in [0.3, 0.4) is 0 Å². The Kier molecular flexibility index (Phi) is 6.79. The van der Waals surface area contributed by atoms with E-state index in [1.165, 1.54) is 22.8 Å². The standard InChI is InChI=1S/C22H29N3O3S/c1-3-19-8-4-5-9-21(19)25(29(2,27)28)17-22(26)23-16-18-10-12-20(13-11-18)24-14-6-7-15-24/h4-5,8-13H,3,6-7,14-17H2,1-2H3,(H,23,26). The topological polar surface area (TPSA) is 69.7 Å². The Morgan fingerprint density at radius 3 is 2.34 bits per heavy atom. The van der Waals surface area contributed by atoms with E-state index in [2.05, 4.69) is 22.3 Å². The van der Waals surface area contributed by atoms with Crippen molar-refractivity contribution in [3.8, 4) is 0 Å². The first-order chi connectivity index (χ1) is 13.9. The number of nitrogens with one attached hydrogen (secondary N) is 1. The van der Waals surface area contributed by atoms with E-state index in [1.54, 1.807) is 12.1 Å². The maximum absolute atomic E-state index is 12.5. The minimum Gasteiger partial charge on any atom is -0.372 e. The van der Waals surface area contributed by atoms with Crippen molar-refractivity contribution in [2.45, 2.75) is 32.7 Å². The largest absolute Gasteiger partial charge is 0.372 e. The maximum Gasteiger partial charge on any atom is 0.241 e. The zero-order chi connectivity index (χ0) is 20.9. The lowest BCUT2D eigenvalue weighted by molar-refractivity contribution is -0.119. The SMILES string of the molecule is CCc1ccccc1N(CC(=O)NCc1ccc(N2CCCC2)cc1)S(C)(=O)=O. The normalized spacial score (nSPS) is 14.1. The molecule has 0 unspecified atom stereocenters. The molecule has 1 heterocycles. The van der Waals surface area contributed by atoms with E-state index in [0.29, 0.717) is 18.7 Å². The molecule has 0 aliphatic carbocycles. The average Bonchev–Trinajstić information content (AvgIpc) is 3.25. The number of hydrogen-bond acceptors (Lipinski definition) is 4.